The Labute approximate surface area is 273 Å². The number of carbonyl (C=O) groups excluding carboxylic acids is 2. The van der Waals surface area contributed by atoms with E-state index in [2.05, 4.69) is 60.2 Å². The van der Waals surface area contributed by atoms with Gasteiger partial charge in [0.25, 0.3) is 5.56 Å². The number of thiazole rings is 1. The Bertz CT molecular complexity index is 1720. The molecule has 0 spiro atoms. The van der Waals surface area contributed by atoms with E-state index in [0.717, 1.165) is 18.4 Å². The molecule has 13 heteroatoms. The summed E-state index contributed by atoms with van der Waals surface area (Å²) in [5, 5.41) is 3.20. The van der Waals surface area contributed by atoms with E-state index in [4.69, 9.17) is 14.2 Å². The minimum Gasteiger partial charge on any atom is -0.490 e. The Morgan fingerprint density at radius 2 is 1.81 bits per heavy atom. The molecule has 1 aliphatic rings. The molecule has 0 radical (unpaired) electrons. The summed E-state index contributed by atoms with van der Waals surface area (Å²) in [5.41, 5.74) is 2.91. The first-order valence-corrected chi connectivity index (χ1v) is 15.9. The number of aromatic nitrogens is 1. The third-order valence-corrected chi connectivity index (χ3v) is 8.97. The molecule has 0 unspecified atom stereocenters. The number of nitrogens with zero attached hydrogens (tertiary/aromatic N) is 2. The molecular formula is C29H29I2N3O7S. The van der Waals surface area contributed by atoms with Crippen molar-refractivity contribution >= 4 is 80.2 Å². The number of nitrogens with one attached hydrogen (secondary N) is 1. The number of benzene rings is 2. The number of esters is 2. The van der Waals surface area contributed by atoms with E-state index in [1.54, 1.807) is 32.0 Å². The number of carbonyl (C=O) groups is 2. The predicted molar refractivity (Wildman–Crippen MR) is 177 cm³/mol. The highest BCUT2D eigenvalue weighted by Gasteiger charge is 2.34. The lowest BCUT2D eigenvalue weighted by Gasteiger charge is -2.25. The molecule has 0 saturated carbocycles. The van der Waals surface area contributed by atoms with E-state index >= 15 is 0 Å². The fourth-order valence-electron chi connectivity index (χ4n) is 4.45. The summed E-state index contributed by atoms with van der Waals surface area (Å²) in [6, 6.07) is 8.25. The van der Waals surface area contributed by atoms with Crippen LogP contribution in [0.25, 0.3) is 6.08 Å². The van der Waals surface area contributed by atoms with E-state index in [-0.39, 0.29) is 24.3 Å². The second-order valence-electron chi connectivity index (χ2n) is 8.92. The molecule has 0 aliphatic carbocycles. The van der Waals surface area contributed by atoms with Crippen molar-refractivity contribution in [1.82, 2.24) is 4.57 Å². The number of allylic oxidation sites excluding steroid dienone is 1. The van der Waals surface area contributed by atoms with Gasteiger partial charge in [-0.05, 0) is 107 Å². The Morgan fingerprint density at radius 1 is 1.10 bits per heavy atom. The molecule has 222 valence electrons. The second-order valence-corrected chi connectivity index (χ2v) is 12.2. The first-order chi connectivity index (χ1) is 20.1. The van der Waals surface area contributed by atoms with Crippen molar-refractivity contribution < 1.29 is 28.5 Å². The lowest BCUT2D eigenvalue weighted by Crippen LogP contribution is -2.40. The minimum absolute atomic E-state index is 0.164. The van der Waals surface area contributed by atoms with E-state index < -0.39 is 18.0 Å². The molecule has 0 saturated heterocycles. The van der Waals surface area contributed by atoms with Gasteiger partial charge in [-0.3, -0.25) is 9.36 Å². The normalized spacial score (nSPS) is 14.6. The molecule has 0 bridgehead atoms. The Balaban J connectivity index is 1.91. The van der Waals surface area contributed by atoms with Crippen LogP contribution in [-0.2, 0) is 19.1 Å². The van der Waals surface area contributed by atoms with Gasteiger partial charge in [0, 0.05) is 14.2 Å². The number of hydrogen-bond acceptors (Lipinski definition) is 10. The number of anilines is 1. The number of methoxy groups -OCH3 is 1. The van der Waals surface area contributed by atoms with E-state index in [9.17, 15) is 14.4 Å². The van der Waals surface area contributed by atoms with E-state index in [1.807, 2.05) is 32.2 Å². The van der Waals surface area contributed by atoms with Crippen molar-refractivity contribution in [2.45, 2.75) is 26.8 Å². The van der Waals surface area contributed by atoms with Gasteiger partial charge in [0.15, 0.2) is 22.9 Å². The number of rotatable bonds is 10. The maximum absolute atomic E-state index is 14.0. The van der Waals surface area contributed by atoms with Gasteiger partial charge in [-0.2, -0.15) is 0 Å². The second kappa shape index (κ2) is 14.0. The summed E-state index contributed by atoms with van der Waals surface area (Å²) in [6.45, 7) is 5.46. The van der Waals surface area contributed by atoms with Crippen molar-refractivity contribution in [3.63, 3.8) is 0 Å². The van der Waals surface area contributed by atoms with Crippen molar-refractivity contribution in [2.24, 2.45) is 4.99 Å². The fraction of sp³-hybridized carbons (Fsp3) is 0.310. The number of ether oxygens (including phenoxy) is 4. The van der Waals surface area contributed by atoms with Crippen LogP contribution in [0, 0.1) is 7.14 Å². The SMILES string of the molecule is CCOC(=O)C1=C(C)N=c2s/c(=C\c3cc(I)c(NC)c(I)c3)c(=O)n2[C@@H]1c1ccc(OCC(=O)OC)c(OCC)c1. The minimum atomic E-state index is -0.830. The van der Waals surface area contributed by atoms with Crippen LogP contribution in [-0.4, -0.2) is 50.5 Å². The number of hydrogen-bond donors (Lipinski definition) is 1. The smallest absolute Gasteiger partial charge is 0.343 e. The Morgan fingerprint density at radius 3 is 2.43 bits per heavy atom. The quantitative estimate of drug-likeness (QED) is 0.241. The molecule has 1 aromatic heterocycles. The van der Waals surface area contributed by atoms with E-state index in [0.29, 0.717) is 38.7 Å². The zero-order chi connectivity index (χ0) is 30.6. The topological polar surface area (TPSA) is 117 Å². The van der Waals surface area contributed by atoms with Crippen LogP contribution in [0.15, 0.2) is 51.4 Å². The van der Waals surface area contributed by atoms with Crippen LogP contribution in [0.1, 0.15) is 37.9 Å². The molecule has 2 heterocycles. The molecule has 2 aromatic carbocycles. The summed E-state index contributed by atoms with van der Waals surface area (Å²) < 4.78 is 25.6. The first-order valence-electron chi connectivity index (χ1n) is 13.0. The van der Waals surface area contributed by atoms with Gasteiger partial charge >= 0.3 is 11.9 Å². The average molecular weight is 817 g/mol. The largest absolute Gasteiger partial charge is 0.490 e. The van der Waals surface area contributed by atoms with Crippen molar-refractivity contribution in [3.05, 3.63) is 79.6 Å². The molecule has 1 N–H and O–H groups in total. The molecule has 4 rings (SSSR count). The maximum Gasteiger partial charge on any atom is 0.343 e. The third-order valence-electron chi connectivity index (χ3n) is 6.29. The molecule has 0 fully saturated rings. The summed E-state index contributed by atoms with van der Waals surface area (Å²) >= 11 is 5.78. The van der Waals surface area contributed by atoms with Crippen LogP contribution in [0.5, 0.6) is 11.5 Å². The van der Waals surface area contributed by atoms with Crippen molar-refractivity contribution in [3.8, 4) is 11.5 Å². The zero-order valence-corrected chi connectivity index (χ0v) is 28.7. The highest BCUT2D eigenvalue weighted by atomic mass is 127. The average Bonchev–Trinajstić information content (AvgIpc) is 3.25. The van der Waals surface area contributed by atoms with Crippen molar-refractivity contribution in [2.75, 3.05) is 39.3 Å². The lowest BCUT2D eigenvalue weighted by molar-refractivity contribution is -0.143. The summed E-state index contributed by atoms with van der Waals surface area (Å²) in [6.07, 6.45) is 1.84. The van der Waals surface area contributed by atoms with Crippen molar-refractivity contribution in [1.29, 1.82) is 0 Å². The lowest BCUT2D eigenvalue weighted by atomic mass is 9.95. The molecule has 42 heavy (non-hydrogen) atoms. The molecule has 0 amide bonds. The van der Waals surface area contributed by atoms with E-state index in [1.165, 1.54) is 23.0 Å². The Hall–Kier alpha value is -2.92. The van der Waals surface area contributed by atoms with Crippen LogP contribution >= 0.6 is 56.5 Å². The summed E-state index contributed by atoms with van der Waals surface area (Å²) in [5.74, 6) is -0.422. The van der Waals surface area contributed by atoms with Crippen LogP contribution in [0.2, 0.25) is 0 Å². The van der Waals surface area contributed by atoms with Gasteiger partial charge in [-0.25, -0.2) is 14.6 Å². The first kappa shape index (κ1) is 32.0. The molecule has 3 aromatic rings. The van der Waals surface area contributed by atoms with Gasteiger partial charge < -0.3 is 24.3 Å². The van der Waals surface area contributed by atoms with Crippen LogP contribution in [0.3, 0.4) is 0 Å². The maximum atomic E-state index is 14.0. The number of fused-ring (bicyclic) bond motifs is 1. The zero-order valence-electron chi connectivity index (χ0n) is 23.6. The summed E-state index contributed by atoms with van der Waals surface area (Å²) in [7, 11) is 3.15. The highest BCUT2D eigenvalue weighted by Crippen LogP contribution is 2.36. The third kappa shape index (κ3) is 6.67. The van der Waals surface area contributed by atoms with Gasteiger partial charge in [0.2, 0.25) is 0 Å². The standard InChI is InChI=1S/C29H29I2N3O7S/c1-6-39-21-13-17(8-9-20(21)41-14-23(35)38-5)26-24(28(37)40-7-2)15(3)33-29-34(26)27(36)22(42-29)12-16-10-18(30)25(32-4)19(31)11-16/h8-13,26,32H,6-7,14H2,1-5H3/b22-12-/t26-/m1/s1. The molecule has 1 atom stereocenters. The van der Waals surface area contributed by atoms with Gasteiger partial charge in [-0.15, -0.1) is 0 Å². The van der Waals surface area contributed by atoms with Gasteiger partial charge in [0.05, 0.1) is 47.9 Å². The highest BCUT2D eigenvalue weighted by molar-refractivity contribution is 14.1. The summed E-state index contributed by atoms with van der Waals surface area (Å²) in [4.78, 5) is 44.0. The van der Waals surface area contributed by atoms with Crippen LogP contribution in [0.4, 0.5) is 5.69 Å². The fourth-order valence-corrected chi connectivity index (χ4v) is 7.85. The molecule has 1 aliphatic heterocycles. The molecule has 10 nitrogen and oxygen atoms in total. The van der Waals surface area contributed by atoms with Gasteiger partial charge in [-0.1, -0.05) is 17.4 Å². The Kier molecular flexibility index (Phi) is 10.7. The molecular weight excluding hydrogens is 788 g/mol. The van der Waals surface area contributed by atoms with Crippen LogP contribution < -0.4 is 29.7 Å². The monoisotopic (exact) mass is 817 g/mol. The predicted octanol–water partition coefficient (Wildman–Crippen LogP) is 4.00. The van der Waals surface area contributed by atoms with Gasteiger partial charge in [0.1, 0.15) is 0 Å². The number of halogens is 2.